The second kappa shape index (κ2) is 8.80. The molecule has 0 atom stereocenters. The van der Waals surface area contributed by atoms with Crippen LogP contribution in [0.5, 0.6) is 0 Å². The van der Waals surface area contributed by atoms with E-state index in [0.717, 1.165) is 6.07 Å². The summed E-state index contributed by atoms with van der Waals surface area (Å²) < 4.78 is 44.4. The van der Waals surface area contributed by atoms with Crippen molar-refractivity contribution in [3.63, 3.8) is 0 Å². The number of thiophene rings is 1. The van der Waals surface area contributed by atoms with Crippen molar-refractivity contribution >= 4 is 39.1 Å². The number of primary amides is 1. The van der Waals surface area contributed by atoms with E-state index in [1.165, 1.54) is 12.4 Å². The zero-order valence-electron chi connectivity index (χ0n) is 19.3. The van der Waals surface area contributed by atoms with Crippen LogP contribution in [0.3, 0.4) is 0 Å². The Kier molecular flexibility index (Phi) is 6.13. The van der Waals surface area contributed by atoms with Crippen molar-refractivity contribution in [3.8, 4) is 11.1 Å². The number of pyridine rings is 1. The summed E-state index contributed by atoms with van der Waals surface area (Å²) in [4.78, 5) is 29.0. The summed E-state index contributed by atoms with van der Waals surface area (Å²) in [6, 6.07) is 0.903. The van der Waals surface area contributed by atoms with Gasteiger partial charge in [0.25, 0.3) is 11.8 Å². The molecule has 3 N–H and O–H groups in total. The molecule has 0 saturated carbocycles. The molecule has 0 spiro atoms. The minimum absolute atomic E-state index is 0.00558. The summed E-state index contributed by atoms with van der Waals surface area (Å²) in [6.45, 7) is 8.22. The van der Waals surface area contributed by atoms with E-state index in [4.69, 9.17) is 5.73 Å². The quantitative estimate of drug-likeness (QED) is 0.403. The summed E-state index contributed by atoms with van der Waals surface area (Å²) in [5.41, 5.74) is 6.48. The number of hydrogen-bond acceptors (Lipinski definition) is 6. The average molecular weight is 506 g/mol. The van der Waals surface area contributed by atoms with Gasteiger partial charge in [-0.05, 0) is 39.3 Å². The highest BCUT2D eigenvalue weighted by molar-refractivity contribution is 7.21. The van der Waals surface area contributed by atoms with Crippen LogP contribution in [0.25, 0.3) is 21.3 Å². The number of carbonyl (C=O) groups excluding carboxylic acids is 2. The molecule has 0 fully saturated rings. The van der Waals surface area contributed by atoms with Crippen molar-refractivity contribution in [1.82, 2.24) is 24.5 Å². The molecule has 35 heavy (non-hydrogen) atoms. The van der Waals surface area contributed by atoms with E-state index in [9.17, 15) is 22.8 Å². The number of hydrogen-bond donors (Lipinski definition) is 2. The van der Waals surface area contributed by atoms with Crippen molar-refractivity contribution in [3.05, 3.63) is 46.0 Å². The van der Waals surface area contributed by atoms with Gasteiger partial charge in [-0.3, -0.25) is 19.0 Å². The van der Waals surface area contributed by atoms with Crippen LogP contribution in [0.1, 0.15) is 51.0 Å². The van der Waals surface area contributed by atoms with Crippen LogP contribution in [0, 0.1) is 13.8 Å². The van der Waals surface area contributed by atoms with Gasteiger partial charge in [0.2, 0.25) is 0 Å². The van der Waals surface area contributed by atoms with Crippen molar-refractivity contribution in [2.24, 2.45) is 5.73 Å². The van der Waals surface area contributed by atoms with Crippen LogP contribution in [0.15, 0.2) is 18.5 Å². The number of carbonyl (C=O) groups is 2. The zero-order chi connectivity index (χ0) is 25.7. The third-order valence-electron chi connectivity index (χ3n) is 5.76. The summed E-state index contributed by atoms with van der Waals surface area (Å²) in [7, 11) is 0. The molecular weight excluding hydrogens is 483 g/mol. The van der Waals surface area contributed by atoms with Crippen molar-refractivity contribution in [1.29, 1.82) is 0 Å². The Bertz CT molecular complexity index is 1470. The minimum Gasteiger partial charge on any atom is -0.365 e. The van der Waals surface area contributed by atoms with E-state index in [1.54, 1.807) is 23.2 Å². The van der Waals surface area contributed by atoms with Gasteiger partial charge >= 0.3 is 6.18 Å². The highest BCUT2D eigenvalue weighted by Gasteiger charge is 2.35. The number of aromatic nitrogens is 5. The Hall–Kier alpha value is -3.74. The van der Waals surface area contributed by atoms with E-state index >= 15 is 0 Å². The van der Waals surface area contributed by atoms with Crippen LogP contribution in [-0.4, -0.2) is 36.4 Å². The van der Waals surface area contributed by atoms with Gasteiger partial charge in [0.15, 0.2) is 0 Å². The molecule has 0 aliphatic carbocycles. The number of nitrogens with zero attached hydrogens (tertiary/aromatic N) is 5. The van der Waals surface area contributed by atoms with E-state index in [1.807, 2.05) is 13.8 Å². The second-order valence-corrected chi connectivity index (χ2v) is 8.78. The van der Waals surface area contributed by atoms with Crippen molar-refractivity contribution in [2.75, 3.05) is 5.32 Å². The van der Waals surface area contributed by atoms with E-state index in [-0.39, 0.29) is 31.9 Å². The number of anilines is 1. The van der Waals surface area contributed by atoms with Gasteiger partial charge in [0.1, 0.15) is 15.4 Å². The zero-order valence-corrected chi connectivity index (χ0v) is 20.1. The van der Waals surface area contributed by atoms with Gasteiger partial charge in [0, 0.05) is 35.4 Å². The lowest BCUT2D eigenvalue weighted by Gasteiger charge is -2.12. The monoisotopic (exact) mass is 505 g/mol. The molecule has 2 amide bonds. The first-order chi connectivity index (χ1) is 16.5. The number of rotatable bonds is 6. The molecular formula is C22H22F3N7O2S. The molecule has 0 unspecified atom stereocenters. The van der Waals surface area contributed by atoms with Gasteiger partial charge in [0.05, 0.1) is 23.6 Å². The highest BCUT2D eigenvalue weighted by Crippen LogP contribution is 2.44. The third kappa shape index (κ3) is 4.16. The Morgan fingerprint density at radius 1 is 1.06 bits per heavy atom. The first-order valence-electron chi connectivity index (χ1n) is 10.7. The molecule has 0 radical (unpaired) electrons. The lowest BCUT2D eigenvalue weighted by Crippen LogP contribution is -2.17. The fraction of sp³-hybridized carbons (Fsp3) is 0.318. The molecule has 0 aliphatic rings. The predicted octanol–water partition coefficient (Wildman–Crippen LogP) is 4.38. The minimum atomic E-state index is -4.73. The Labute approximate surface area is 201 Å². The fourth-order valence-corrected chi connectivity index (χ4v) is 4.95. The summed E-state index contributed by atoms with van der Waals surface area (Å²) in [5.74, 6) is -1.47. The molecule has 9 nitrogen and oxygen atoms in total. The topological polar surface area (TPSA) is 121 Å². The molecule has 184 valence electrons. The van der Waals surface area contributed by atoms with Crippen LogP contribution in [0.4, 0.5) is 18.9 Å². The van der Waals surface area contributed by atoms with Crippen LogP contribution >= 0.6 is 11.3 Å². The van der Waals surface area contributed by atoms with Gasteiger partial charge < -0.3 is 11.1 Å². The molecule has 4 aromatic heterocycles. The maximum absolute atomic E-state index is 13.7. The van der Waals surface area contributed by atoms with Crippen LogP contribution in [0.2, 0.25) is 0 Å². The van der Waals surface area contributed by atoms with E-state index in [2.05, 4.69) is 20.5 Å². The van der Waals surface area contributed by atoms with Crippen molar-refractivity contribution in [2.45, 2.75) is 47.0 Å². The number of alkyl halides is 3. The van der Waals surface area contributed by atoms with Crippen molar-refractivity contribution < 1.29 is 22.8 Å². The predicted molar refractivity (Wildman–Crippen MR) is 125 cm³/mol. The van der Waals surface area contributed by atoms with Gasteiger partial charge in [-0.15, -0.1) is 11.3 Å². The van der Waals surface area contributed by atoms with Gasteiger partial charge in [-0.1, -0.05) is 0 Å². The number of aryl methyl sites for hydroxylation is 2. The number of nitrogens with one attached hydrogen (secondary N) is 1. The summed E-state index contributed by atoms with van der Waals surface area (Å²) in [5, 5.41) is 11.3. The van der Waals surface area contributed by atoms with Crippen LogP contribution < -0.4 is 11.1 Å². The Morgan fingerprint density at radius 3 is 2.23 bits per heavy atom. The molecule has 4 rings (SSSR count). The standard InChI is InChI=1S/C22H22F3N7O2S/c1-5-31-10(3)13(8-27-31)12-7-15(22(23,24)25)29-21-16(12)17(18(35-21)19(26)33)30-20(34)14-9-28-32(6-2)11(14)4/h7-9H,5-6H2,1-4H3,(H2,26,33)(H,30,34). The maximum atomic E-state index is 13.7. The summed E-state index contributed by atoms with van der Waals surface area (Å²) >= 11 is 0.692. The first-order valence-corrected chi connectivity index (χ1v) is 11.5. The molecule has 13 heteroatoms. The Balaban J connectivity index is 1.99. The normalized spacial score (nSPS) is 11.9. The molecule has 0 saturated heterocycles. The number of fused-ring (bicyclic) bond motifs is 1. The Morgan fingerprint density at radius 2 is 1.69 bits per heavy atom. The van der Waals surface area contributed by atoms with Gasteiger partial charge in [-0.25, -0.2) is 4.98 Å². The lowest BCUT2D eigenvalue weighted by molar-refractivity contribution is -0.140. The maximum Gasteiger partial charge on any atom is 0.433 e. The molecule has 0 bridgehead atoms. The molecule has 4 heterocycles. The molecule has 0 aliphatic heterocycles. The SMILES string of the molecule is CCn1ncc(C(=O)Nc2c(C(N)=O)sc3nc(C(F)(F)F)cc(-c4cnn(CC)c4C)c23)c1C. The first kappa shape index (κ1) is 24.4. The number of amides is 2. The van der Waals surface area contributed by atoms with E-state index in [0.29, 0.717) is 41.4 Å². The average Bonchev–Trinajstić information content (AvgIpc) is 3.47. The lowest BCUT2D eigenvalue weighted by atomic mass is 10.0. The fourth-order valence-electron chi connectivity index (χ4n) is 3.95. The summed E-state index contributed by atoms with van der Waals surface area (Å²) in [6.07, 6.45) is -1.89. The van der Waals surface area contributed by atoms with E-state index < -0.39 is 23.7 Å². The number of nitrogens with two attached hydrogens (primary N) is 1. The second-order valence-electron chi connectivity index (χ2n) is 7.78. The largest absolute Gasteiger partial charge is 0.433 e. The van der Waals surface area contributed by atoms with Crippen LogP contribution in [-0.2, 0) is 19.3 Å². The van der Waals surface area contributed by atoms with Gasteiger partial charge in [-0.2, -0.15) is 23.4 Å². The highest BCUT2D eigenvalue weighted by atomic mass is 32.1. The molecule has 0 aromatic carbocycles. The smallest absolute Gasteiger partial charge is 0.365 e. The molecule has 4 aromatic rings. The third-order valence-corrected chi connectivity index (χ3v) is 6.85. The number of halogens is 3.